The zero-order valence-electron chi connectivity index (χ0n) is 11.9. The lowest BCUT2D eigenvalue weighted by atomic mass is 10.1. The number of amides is 1. The summed E-state index contributed by atoms with van der Waals surface area (Å²) in [5.41, 5.74) is 0. The van der Waals surface area contributed by atoms with Gasteiger partial charge in [-0.25, -0.2) is 0 Å². The molecule has 1 amide bonds. The fourth-order valence-corrected chi connectivity index (χ4v) is 3.85. The predicted octanol–water partition coefficient (Wildman–Crippen LogP) is 2.38. The van der Waals surface area contributed by atoms with Gasteiger partial charge in [-0.2, -0.15) is 0 Å². The highest BCUT2D eigenvalue weighted by Gasteiger charge is 2.40. The molecule has 2 aliphatic rings. The van der Waals surface area contributed by atoms with Crippen molar-refractivity contribution >= 4 is 17.2 Å². The van der Waals surface area contributed by atoms with Crippen molar-refractivity contribution in [2.75, 3.05) is 19.8 Å². The molecule has 110 valence electrons. The summed E-state index contributed by atoms with van der Waals surface area (Å²) in [6, 6.07) is 4.15. The van der Waals surface area contributed by atoms with Gasteiger partial charge >= 0.3 is 0 Å². The van der Waals surface area contributed by atoms with Gasteiger partial charge in [0.15, 0.2) is 0 Å². The van der Waals surface area contributed by atoms with Crippen LogP contribution in [0.2, 0.25) is 0 Å². The number of hydrogen-bond donors (Lipinski definition) is 1. The van der Waals surface area contributed by atoms with Crippen LogP contribution in [0, 0.1) is 5.92 Å². The lowest BCUT2D eigenvalue weighted by Crippen LogP contribution is -2.35. The molecule has 0 aromatic carbocycles. The maximum Gasteiger partial charge on any atom is 0.241 e. The number of rotatable bonds is 5. The lowest BCUT2D eigenvalue weighted by Gasteiger charge is -2.25. The standard InChI is InChI=1S/C15H22N2O2S/c1-2-4-12-15(18)17(9-11-6-7-19-10-11)14(16-12)13-5-3-8-20-13/h3,5,8,11-12,14,16H,2,4,6-7,9-10H2,1H3. The first-order chi connectivity index (χ1) is 9.79. The van der Waals surface area contributed by atoms with E-state index < -0.39 is 0 Å². The molecule has 0 saturated carbocycles. The van der Waals surface area contributed by atoms with Crippen LogP contribution in [0.15, 0.2) is 17.5 Å². The summed E-state index contributed by atoms with van der Waals surface area (Å²) in [4.78, 5) is 15.9. The maximum atomic E-state index is 12.6. The van der Waals surface area contributed by atoms with Gasteiger partial charge in [0.1, 0.15) is 6.17 Å². The van der Waals surface area contributed by atoms with Crippen molar-refractivity contribution in [1.29, 1.82) is 0 Å². The topological polar surface area (TPSA) is 41.6 Å². The second kappa shape index (κ2) is 6.24. The highest BCUT2D eigenvalue weighted by Crippen LogP contribution is 2.31. The second-order valence-corrected chi connectivity index (χ2v) is 6.63. The Labute approximate surface area is 124 Å². The first kappa shape index (κ1) is 14.0. The zero-order chi connectivity index (χ0) is 13.9. The van der Waals surface area contributed by atoms with Crippen LogP contribution in [0.4, 0.5) is 0 Å². The second-order valence-electron chi connectivity index (χ2n) is 5.65. The van der Waals surface area contributed by atoms with E-state index in [-0.39, 0.29) is 18.1 Å². The van der Waals surface area contributed by atoms with E-state index in [1.165, 1.54) is 4.88 Å². The van der Waals surface area contributed by atoms with Crippen molar-refractivity contribution in [3.8, 4) is 0 Å². The molecule has 0 radical (unpaired) electrons. The van der Waals surface area contributed by atoms with Gasteiger partial charge in [-0.1, -0.05) is 19.4 Å². The van der Waals surface area contributed by atoms with Crippen LogP contribution in [-0.2, 0) is 9.53 Å². The number of nitrogens with zero attached hydrogens (tertiary/aromatic N) is 1. The van der Waals surface area contributed by atoms with Crippen molar-refractivity contribution in [2.45, 2.75) is 38.4 Å². The van der Waals surface area contributed by atoms with Gasteiger partial charge in [0.05, 0.1) is 12.6 Å². The van der Waals surface area contributed by atoms with E-state index in [1.807, 2.05) is 4.90 Å². The van der Waals surface area contributed by atoms with E-state index in [4.69, 9.17) is 4.74 Å². The SMILES string of the molecule is CCCC1NC(c2cccs2)N(CC2CCOC2)C1=O. The Morgan fingerprint density at radius 2 is 2.45 bits per heavy atom. The van der Waals surface area contributed by atoms with Crippen molar-refractivity contribution in [3.63, 3.8) is 0 Å². The number of hydrogen-bond acceptors (Lipinski definition) is 4. The molecule has 1 aromatic rings. The molecule has 20 heavy (non-hydrogen) atoms. The molecule has 3 rings (SSSR count). The summed E-state index contributed by atoms with van der Waals surface area (Å²) in [5.74, 6) is 0.751. The smallest absolute Gasteiger partial charge is 0.241 e. The van der Waals surface area contributed by atoms with Crippen LogP contribution < -0.4 is 5.32 Å². The zero-order valence-corrected chi connectivity index (χ0v) is 12.7. The number of carbonyl (C=O) groups excluding carboxylic acids is 1. The average molecular weight is 294 g/mol. The first-order valence-corrected chi connectivity index (χ1v) is 8.35. The molecule has 2 aliphatic heterocycles. The van der Waals surface area contributed by atoms with Crippen LogP contribution in [0.5, 0.6) is 0 Å². The summed E-state index contributed by atoms with van der Waals surface area (Å²) >= 11 is 1.72. The van der Waals surface area contributed by atoms with Crippen LogP contribution in [0.25, 0.3) is 0 Å². The average Bonchev–Trinajstić information content (AvgIpc) is 3.16. The molecule has 3 atom stereocenters. The van der Waals surface area contributed by atoms with Crippen molar-refractivity contribution < 1.29 is 9.53 Å². The summed E-state index contributed by atoms with van der Waals surface area (Å²) in [6.45, 7) is 4.57. The number of thiophene rings is 1. The van der Waals surface area contributed by atoms with Crippen LogP contribution >= 0.6 is 11.3 Å². The normalized spacial score (nSPS) is 30.4. The molecule has 5 heteroatoms. The van der Waals surface area contributed by atoms with Crippen molar-refractivity contribution in [2.24, 2.45) is 5.92 Å². The van der Waals surface area contributed by atoms with Crippen LogP contribution in [0.1, 0.15) is 37.2 Å². The van der Waals surface area contributed by atoms with Gasteiger partial charge < -0.3 is 9.64 Å². The van der Waals surface area contributed by atoms with Gasteiger partial charge in [-0.15, -0.1) is 11.3 Å². The van der Waals surface area contributed by atoms with E-state index in [0.29, 0.717) is 5.92 Å². The minimum Gasteiger partial charge on any atom is -0.381 e. The highest BCUT2D eigenvalue weighted by atomic mass is 32.1. The first-order valence-electron chi connectivity index (χ1n) is 7.47. The van der Waals surface area contributed by atoms with Crippen molar-refractivity contribution in [1.82, 2.24) is 10.2 Å². The lowest BCUT2D eigenvalue weighted by molar-refractivity contribution is -0.130. The molecule has 3 heterocycles. The van der Waals surface area contributed by atoms with E-state index in [1.54, 1.807) is 11.3 Å². The molecule has 1 N–H and O–H groups in total. The van der Waals surface area contributed by atoms with E-state index in [0.717, 1.165) is 39.0 Å². The Bertz CT molecular complexity index is 443. The van der Waals surface area contributed by atoms with E-state index >= 15 is 0 Å². The predicted molar refractivity (Wildman–Crippen MR) is 79.5 cm³/mol. The summed E-state index contributed by atoms with van der Waals surface area (Å²) in [6.07, 6.45) is 3.07. The molecule has 2 fully saturated rings. The Morgan fingerprint density at radius 3 is 3.10 bits per heavy atom. The molecule has 2 saturated heterocycles. The van der Waals surface area contributed by atoms with Gasteiger partial charge in [0.2, 0.25) is 5.91 Å². The quantitative estimate of drug-likeness (QED) is 0.906. The summed E-state index contributed by atoms with van der Waals surface area (Å²) < 4.78 is 5.45. The Balaban J connectivity index is 1.76. The molecule has 1 aromatic heterocycles. The van der Waals surface area contributed by atoms with Crippen LogP contribution in [-0.4, -0.2) is 36.6 Å². The monoisotopic (exact) mass is 294 g/mol. The molecule has 0 aliphatic carbocycles. The highest BCUT2D eigenvalue weighted by molar-refractivity contribution is 7.10. The van der Waals surface area contributed by atoms with Crippen LogP contribution in [0.3, 0.4) is 0 Å². The fraction of sp³-hybridized carbons (Fsp3) is 0.667. The number of ether oxygens (including phenoxy) is 1. The molecule has 0 bridgehead atoms. The molecule has 0 spiro atoms. The van der Waals surface area contributed by atoms with Gasteiger partial charge in [-0.05, 0) is 24.3 Å². The Morgan fingerprint density at radius 1 is 1.55 bits per heavy atom. The van der Waals surface area contributed by atoms with Gasteiger partial charge in [0.25, 0.3) is 0 Å². The molecular weight excluding hydrogens is 272 g/mol. The maximum absolute atomic E-state index is 12.6. The fourth-order valence-electron chi connectivity index (χ4n) is 3.06. The third-order valence-corrected chi connectivity index (χ3v) is 5.05. The number of carbonyl (C=O) groups is 1. The molecular formula is C15H22N2O2S. The Hall–Kier alpha value is -0.910. The number of nitrogens with one attached hydrogen (secondary N) is 1. The van der Waals surface area contributed by atoms with Crippen molar-refractivity contribution in [3.05, 3.63) is 22.4 Å². The summed E-state index contributed by atoms with van der Waals surface area (Å²) in [7, 11) is 0. The van der Waals surface area contributed by atoms with Gasteiger partial charge in [0, 0.05) is 23.9 Å². The molecule has 4 nitrogen and oxygen atoms in total. The van der Waals surface area contributed by atoms with E-state index in [9.17, 15) is 4.79 Å². The third kappa shape index (κ3) is 2.75. The van der Waals surface area contributed by atoms with E-state index in [2.05, 4.69) is 29.8 Å². The third-order valence-electron chi connectivity index (χ3n) is 4.12. The largest absolute Gasteiger partial charge is 0.381 e. The molecule has 3 unspecified atom stereocenters. The summed E-state index contributed by atoms with van der Waals surface area (Å²) in [5, 5.41) is 5.59. The Kier molecular flexibility index (Phi) is 4.38. The minimum atomic E-state index is -0.0191. The van der Waals surface area contributed by atoms with Gasteiger partial charge in [-0.3, -0.25) is 10.1 Å². The minimum absolute atomic E-state index is 0.0191.